The standard InChI is InChI=1S/C12H21NO4/c1-5-11(3)8-12(10(15)16,6-7-17-11)13(4)9(2)14/h5-8H2,1-4H3,(H,15,16). The van der Waals surface area contributed by atoms with Crippen LogP contribution in [0.5, 0.6) is 0 Å². The SMILES string of the molecule is CCC1(C)CC(C(=O)O)(N(C)C(C)=O)CCO1. The first-order chi connectivity index (χ1) is 7.77. The predicted molar refractivity (Wildman–Crippen MR) is 62.7 cm³/mol. The summed E-state index contributed by atoms with van der Waals surface area (Å²) in [7, 11) is 1.55. The second kappa shape index (κ2) is 4.64. The molecule has 1 heterocycles. The van der Waals surface area contributed by atoms with Crippen LogP contribution in [-0.4, -0.2) is 46.7 Å². The number of carbonyl (C=O) groups excluding carboxylic acids is 1. The van der Waals surface area contributed by atoms with Crippen molar-refractivity contribution in [1.29, 1.82) is 0 Å². The van der Waals surface area contributed by atoms with Crippen LogP contribution >= 0.6 is 0 Å². The van der Waals surface area contributed by atoms with Crippen LogP contribution in [0.15, 0.2) is 0 Å². The molecule has 0 aromatic heterocycles. The number of carboxylic acid groups (broad SMARTS) is 1. The minimum Gasteiger partial charge on any atom is -0.479 e. The van der Waals surface area contributed by atoms with Crippen molar-refractivity contribution in [2.24, 2.45) is 0 Å². The average Bonchev–Trinajstić information content (AvgIpc) is 2.27. The third-order valence-electron chi connectivity index (χ3n) is 3.89. The number of carboxylic acids is 1. The molecule has 17 heavy (non-hydrogen) atoms. The van der Waals surface area contributed by atoms with Gasteiger partial charge in [-0.2, -0.15) is 0 Å². The molecule has 5 heteroatoms. The monoisotopic (exact) mass is 243 g/mol. The fourth-order valence-corrected chi connectivity index (χ4v) is 2.37. The van der Waals surface area contributed by atoms with Gasteiger partial charge in [-0.25, -0.2) is 4.79 Å². The summed E-state index contributed by atoms with van der Waals surface area (Å²) in [4.78, 5) is 24.4. The predicted octanol–water partition coefficient (Wildman–Crippen LogP) is 1.27. The van der Waals surface area contributed by atoms with Crippen molar-refractivity contribution in [3.63, 3.8) is 0 Å². The quantitative estimate of drug-likeness (QED) is 0.810. The minimum absolute atomic E-state index is 0.229. The van der Waals surface area contributed by atoms with Crippen LogP contribution in [0.25, 0.3) is 0 Å². The molecule has 1 N–H and O–H groups in total. The molecule has 5 nitrogen and oxygen atoms in total. The minimum atomic E-state index is -1.13. The second-order valence-corrected chi connectivity index (χ2v) is 4.99. The molecule has 1 aliphatic heterocycles. The Morgan fingerprint density at radius 2 is 2.06 bits per heavy atom. The molecular weight excluding hydrogens is 222 g/mol. The molecule has 1 rings (SSSR count). The van der Waals surface area contributed by atoms with Gasteiger partial charge < -0.3 is 14.7 Å². The third-order valence-corrected chi connectivity index (χ3v) is 3.89. The molecule has 2 unspecified atom stereocenters. The van der Waals surface area contributed by atoms with E-state index < -0.39 is 17.1 Å². The molecule has 0 aromatic rings. The lowest BCUT2D eigenvalue weighted by Crippen LogP contribution is -2.61. The Balaban J connectivity index is 3.08. The lowest BCUT2D eigenvalue weighted by molar-refractivity contribution is -0.177. The van der Waals surface area contributed by atoms with Gasteiger partial charge in [-0.3, -0.25) is 4.79 Å². The van der Waals surface area contributed by atoms with Crippen LogP contribution in [0.2, 0.25) is 0 Å². The van der Waals surface area contributed by atoms with Gasteiger partial charge in [0.1, 0.15) is 5.54 Å². The third kappa shape index (κ3) is 2.44. The summed E-state index contributed by atoms with van der Waals surface area (Å²) in [6, 6.07) is 0. The van der Waals surface area contributed by atoms with Gasteiger partial charge in [0.05, 0.1) is 12.2 Å². The highest BCUT2D eigenvalue weighted by atomic mass is 16.5. The molecule has 2 atom stereocenters. The van der Waals surface area contributed by atoms with Crippen molar-refractivity contribution < 1.29 is 19.4 Å². The number of hydrogen-bond donors (Lipinski definition) is 1. The highest BCUT2D eigenvalue weighted by Gasteiger charge is 2.51. The summed E-state index contributed by atoms with van der Waals surface area (Å²) in [5.74, 6) is -1.18. The zero-order chi connectivity index (χ0) is 13.3. The van der Waals surface area contributed by atoms with Crippen molar-refractivity contribution in [3.05, 3.63) is 0 Å². The number of amides is 1. The molecule has 0 aliphatic carbocycles. The van der Waals surface area contributed by atoms with Gasteiger partial charge in [-0.15, -0.1) is 0 Å². The Kier molecular flexibility index (Phi) is 3.81. The molecule has 1 aliphatic rings. The maximum Gasteiger partial charge on any atom is 0.329 e. The molecule has 0 aromatic carbocycles. The molecular formula is C12H21NO4. The van der Waals surface area contributed by atoms with E-state index in [2.05, 4.69) is 0 Å². The number of aliphatic carboxylic acids is 1. The summed E-state index contributed by atoms with van der Waals surface area (Å²) in [5, 5.41) is 9.49. The van der Waals surface area contributed by atoms with Gasteiger partial charge in [0.15, 0.2) is 0 Å². The Morgan fingerprint density at radius 1 is 1.47 bits per heavy atom. The second-order valence-electron chi connectivity index (χ2n) is 4.99. The molecule has 98 valence electrons. The van der Waals surface area contributed by atoms with Gasteiger partial charge in [0.2, 0.25) is 5.91 Å². The van der Waals surface area contributed by atoms with E-state index in [1.54, 1.807) is 7.05 Å². The molecule has 0 radical (unpaired) electrons. The van der Waals surface area contributed by atoms with E-state index in [1.165, 1.54) is 11.8 Å². The van der Waals surface area contributed by atoms with E-state index >= 15 is 0 Å². The Labute approximate surface area is 102 Å². The number of carbonyl (C=O) groups is 2. The van der Waals surface area contributed by atoms with E-state index in [0.717, 1.165) is 6.42 Å². The maximum absolute atomic E-state index is 11.6. The highest BCUT2D eigenvalue weighted by Crippen LogP contribution is 2.38. The molecule has 0 spiro atoms. The zero-order valence-corrected chi connectivity index (χ0v) is 10.9. The topological polar surface area (TPSA) is 66.8 Å². The van der Waals surface area contributed by atoms with E-state index in [0.29, 0.717) is 19.4 Å². The summed E-state index contributed by atoms with van der Waals surface area (Å²) in [6.45, 7) is 5.63. The molecule has 0 saturated carbocycles. The van der Waals surface area contributed by atoms with Crippen LogP contribution in [0.3, 0.4) is 0 Å². The number of hydrogen-bond acceptors (Lipinski definition) is 3. The van der Waals surface area contributed by atoms with Crippen molar-refractivity contribution in [1.82, 2.24) is 4.90 Å². The number of nitrogens with zero attached hydrogens (tertiary/aromatic N) is 1. The lowest BCUT2D eigenvalue weighted by atomic mass is 9.78. The fraction of sp³-hybridized carbons (Fsp3) is 0.833. The van der Waals surface area contributed by atoms with Gasteiger partial charge in [0, 0.05) is 26.8 Å². The van der Waals surface area contributed by atoms with E-state index in [9.17, 15) is 14.7 Å². The zero-order valence-electron chi connectivity index (χ0n) is 10.9. The highest BCUT2D eigenvalue weighted by molar-refractivity contribution is 5.86. The lowest BCUT2D eigenvalue weighted by Gasteiger charge is -2.47. The first-order valence-corrected chi connectivity index (χ1v) is 5.89. The van der Waals surface area contributed by atoms with Crippen LogP contribution in [0.4, 0.5) is 0 Å². The van der Waals surface area contributed by atoms with Gasteiger partial charge in [-0.05, 0) is 13.3 Å². The Bertz CT molecular complexity index is 330. The first-order valence-electron chi connectivity index (χ1n) is 5.89. The van der Waals surface area contributed by atoms with Crippen molar-refractivity contribution in [2.45, 2.75) is 51.2 Å². The van der Waals surface area contributed by atoms with Crippen LogP contribution in [0, 0.1) is 0 Å². The van der Waals surface area contributed by atoms with E-state index in [4.69, 9.17) is 4.74 Å². The largest absolute Gasteiger partial charge is 0.479 e. The summed E-state index contributed by atoms with van der Waals surface area (Å²) in [5.41, 5.74) is -1.60. The fourth-order valence-electron chi connectivity index (χ4n) is 2.37. The van der Waals surface area contributed by atoms with Gasteiger partial charge in [0.25, 0.3) is 0 Å². The van der Waals surface area contributed by atoms with Crippen molar-refractivity contribution in [3.8, 4) is 0 Å². The molecule has 1 saturated heterocycles. The number of ether oxygens (including phenoxy) is 1. The van der Waals surface area contributed by atoms with Gasteiger partial charge in [-0.1, -0.05) is 6.92 Å². The van der Waals surface area contributed by atoms with Crippen molar-refractivity contribution in [2.75, 3.05) is 13.7 Å². The normalized spacial score (nSPS) is 33.2. The average molecular weight is 243 g/mol. The maximum atomic E-state index is 11.6. The molecule has 1 fully saturated rings. The summed E-state index contributed by atoms with van der Waals surface area (Å²) < 4.78 is 5.65. The van der Waals surface area contributed by atoms with Gasteiger partial charge >= 0.3 is 5.97 Å². The first kappa shape index (κ1) is 14.0. The summed E-state index contributed by atoms with van der Waals surface area (Å²) in [6.07, 6.45) is 1.41. The number of likely N-dealkylation sites (N-methyl/N-ethyl adjacent to an activating group) is 1. The van der Waals surface area contributed by atoms with E-state index in [1.807, 2.05) is 13.8 Å². The van der Waals surface area contributed by atoms with Crippen LogP contribution in [0.1, 0.15) is 40.0 Å². The summed E-state index contributed by atoms with van der Waals surface area (Å²) >= 11 is 0. The van der Waals surface area contributed by atoms with Crippen LogP contribution < -0.4 is 0 Å². The number of rotatable bonds is 3. The Hall–Kier alpha value is -1.10. The smallest absolute Gasteiger partial charge is 0.329 e. The van der Waals surface area contributed by atoms with Crippen molar-refractivity contribution >= 4 is 11.9 Å². The molecule has 0 bridgehead atoms. The molecule has 1 amide bonds. The van der Waals surface area contributed by atoms with Crippen LogP contribution in [-0.2, 0) is 14.3 Å². The Morgan fingerprint density at radius 3 is 2.47 bits per heavy atom. The van der Waals surface area contributed by atoms with E-state index in [-0.39, 0.29) is 5.91 Å².